The monoisotopic (exact) mass is 421 g/mol. The summed E-state index contributed by atoms with van der Waals surface area (Å²) in [6.07, 6.45) is 1.66. The third-order valence-corrected chi connectivity index (χ3v) is 4.32. The van der Waals surface area contributed by atoms with Crippen LogP contribution in [0.25, 0.3) is 6.08 Å². The second-order valence-electron chi connectivity index (χ2n) is 5.20. The summed E-state index contributed by atoms with van der Waals surface area (Å²) in [5.41, 5.74) is 7.36. The maximum absolute atomic E-state index is 12.7. The van der Waals surface area contributed by atoms with Gasteiger partial charge in [-0.05, 0) is 52.3 Å². The van der Waals surface area contributed by atoms with Crippen LogP contribution >= 0.6 is 15.9 Å². The van der Waals surface area contributed by atoms with Crippen LogP contribution in [0.3, 0.4) is 0 Å². The number of benzene rings is 2. The number of ketones is 1. The third-order valence-electron chi connectivity index (χ3n) is 3.73. The second kappa shape index (κ2) is 8.62. The van der Waals surface area contributed by atoms with E-state index in [1.165, 1.54) is 21.3 Å². The standard InChI is InChI=1S/C19H20BrNO5/c1-23-15-8-6-12(18(25-3)19(15)26-4)9-13(20)17(22)11-5-7-14(21)16(10-11)24-2/h5-10H,21H2,1-4H3. The average Bonchev–Trinajstić information content (AvgIpc) is 2.67. The lowest BCUT2D eigenvalue weighted by Gasteiger charge is -2.14. The van der Waals surface area contributed by atoms with Gasteiger partial charge in [0.25, 0.3) is 0 Å². The highest BCUT2D eigenvalue weighted by Crippen LogP contribution is 2.41. The second-order valence-corrected chi connectivity index (χ2v) is 6.06. The first kappa shape index (κ1) is 19.7. The molecule has 2 N–H and O–H groups in total. The SMILES string of the molecule is COc1cc(C(=O)C(Br)=Cc2ccc(OC)c(OC)c2OC)ccc1N. The number of Topliss-reactive ketones (excluding diaryl/α,β-unsaturated/α-hetero) is 1. The van der Waals surface area contributed by atoms with Crippen LogP contribution in [0.2, 0.25) is 0 Å². The van der Waals surface area contributed by atoms with Crippen molar-refractivity contribution >= 4 is 33.5 Å². The smallest absolute Gasteiger partial charge is 0.203 e. The minimum Gasteiger partial charge on any atom is -0.495 e. The summed E-state index contributed by atoms with van der Waals surface area (Å²) in [6.45, 7) is 0. The number of anilines is 1. The molecule has 0 saturated carbocycles. The molecule has 0 unspecified atom stereocenters. The largest absolute Gasteiger partial charge is 0.495 e. The summed E-state index contributed by atoms with van der Waals surface area (Å²) < 4.78 is 21.6. The molecule has 0 atom stereocenters. The van der Waals surface area contributed by atoms with E-state index in [0.29, 0.717) is 44.3 Å². The van der Waals surface area contributed by atoms with Crippen molar-refractivity contribution in [3.05, 3.63) is 45.9 Å². The molecule has 0 saturated heterocycles. The number of nitrogen functional groups attached to an aromatic ring is 1. The Balaban J connectivity index is 2.44. The number of allylic oxidation sites excluding steroid dienone is 1. The molecule has 0 amide bonds. The fourth-order valence-electron chi connectivity index (χ4n) is 2.43. The molecular formula is C19H20BrNO5. The lowest BCUT2D eigenvalue weighted by Crippen LogP contribution is -2.02. The molecule has 7 heteroatoms. The van der Waals surface area contributed by atoms with E-state index >= 15 is 0 Å². The van der Waals surface area contributed by atoms with E-state index in [2.05, 4.69) is 15.9 Å². The molecule has 0 heterocycles. The summed E-state index contributed by atoms with van der Waals surface area (Å²) in [7, 11) is 6.09. The van der Waals surface area contributed by atoms with Crippen molar-refractivity contribution in [3.63, 3.8) is 0 Å². The Bertz CT molecular complexity index is 848. The van der Waals surface area contributed by atoms with Crippen LogP contribution in [0.15, 0.2) is 34.8 Å². The van der Waals surface area contributed by atoms with Crippen molar-refractivity contribution in [2.24, 2.45) is 0 Å². The normalized spacial score (nSPS) is 11.0. The molecule has 0 fully saturated rings. The maximum atomic E-state index is 12.7. The molecule has 0 bridgehead atoms. The number of halogens is 1. The van der Waals surface area contributed by atoms with Crippen molar-refractivity contribution in [3.8, 4) is 23.0 Å². The Labute approximate surface area is 160 Å². The first-order valence-corrected chi connectivity index (χ1v) is 8.40. The van der Waals surface area contributed by atoms with Gasteiger partial charge in [0.15, 0.2) is 17.3 Å². The van der Waals surface area contributed by atoms with Gasteiger partial charge in [0, 0.05) is 11.1 Å². The minimum atomic E-state index is -0.222. The minimum absolute atomic E-state index is 0.222. The fourth-order valence-corrected chi connectivity index (χ4v) is 2.91. The Morgan fingerprint density at radius 2 is 1.58 bits per heavy atom. The lowest BCUT2D eigenvalue weighted by atomic mass is 10.1. The zero-order valence-corrected chi connectivity index (χ0v) is 16.5. The Morgan fingerprint density at radius 3 is 2.15 bits per heavy atom. The van der Waals surface area contributed by atoms with Crippen molar-refractivity contribution in [2.45, 2.75) is 0 Å². The molecule has 0 spiro atoms. The number of hydrogen-bond acceptors (Lipinski definition) is 6. The Kier molecular flexibility index (Phi) is 6.52. The van der Waals surface area contributed by atoms with Gasteiger partial charge in [0.2, 0.25) is 5.75 Å². The van der Waals surface area contributed by atoms with Crippen molar-refractivity contribution in [1.82, 2.24) is 0 Å². The highest BCUT2D eigenvalue weighted by Gasteiger charge is 2.17. The van der Waals surface area contributed by atoms with Gasteiger partial charge in [-0.15, -0.1) is 0 Å². The van der Waals surface area contributed by atoms with Crippen LogP contribution < -0.4 is 24.7 Å². The molecule has 0 aliphatic carbocycles. The van der Waals surface area contributed by atoms with Gasteiger partial charge in [0.05, 0.1) is 38.6 Å². The lowest BCUT2D eigenvalue weighted by molar-refractivity contribution is 0.104. The van der Waals surface area contributed by atoms with Gasteiger partial charge in [-0.1, -0.05) is 0 Å². The molecule has 138 valence electrons. The van der Waals surface area contributed by atoms with Crippen LogP contribution in [-0.4, -0.2) is 34.2 Å². The van der Waals surface area contributed by atoms with E-state index in [1.54, 1.807) is 43.5 Å². The average molecular weight is 422 g/mol. The third kappa shape index (κ3) is 3.94. The number of carbonyl (C=O) groups is 1. The first-order chi connectivity index (χ1) is 12.5. The summed E-state index contributed by atoms with van der Waals surface area (Å²) in [5.74, 6) is 1.67. The number of nitrogens with two attached hydrogens (primary N) is 1. The molecule has 0 radical (unpaired) electrons. The maximum Gasteiger partial charge on any atom is 0.203 e. The van der Waals surface area contributed by atoms with Gasteiger partial charge in [-0.2, -0.15) is 0 Å². The quantitative estimate of drug-likeness (QED) is 0.414. The van der Waals surface area contributed by atoms with E-state index in [4.69, 9.17) is 24.7 Å². The van der Waals surface area contributed by atoms with Crippen molar-refractivity contribution < 1.29 is 23.7 Å². The van der Waals surface area contributed by atoms with E-state index in [0.717, 1.165) is 0 Å². The molecule has 2 aromatic rings. The highest BCUT2D eigenvalue weighted by atomic mass is 79.9. The molecule has 0 aromatic heterocycles. The van der Waals surface area contributed by atoms with Gasteiger partial charge in [-0.25, -0.2) is 0 Å². The molecule has 6 nitrogen and oxygen atoms in total. The first-order valence-electron chi connectivity index (χ1n) is 7.61. The predicted octanol–water partition coefficient (Wildman–Crippen LogP) is 3.92. The highest BCUT2D eigenvalue weighted by molar-refractivity contribution is 9.12. The van der Waals surface area contributed by atoms with Gasteiger partial charge in [0.1, 0.15) is 5.75 Å². The summed E-state index contributed by atoms with van der Waals surface area (Å²) in [6, 6.07) is 8.38. The van der Waals surface area contributed by atoms with Gasteiger partial charge >= 0.3 is 0 Å². The number of rotatable bonds is 7. The molecule has 0 aliphatic rings. The van der Waals surface area contributed by atoms with Crippen molar-refractivity contribution in [2.75, 3.05) is 34.2 Å². The zero-order valence-electron chi connectivity index (χ0n) is 15.0. The Morgan fingerprint density at radius 1 is 0.923 bits per heavy atom. The van der Waals surface area contributed by atoms with E-state index in [1.807, 2.05) is 0 Å². The summed E-state index contributed by atoms with van der Waals surface area (Å²) in [4.78, 5) is 12.7. The molecular weight excluding hydrogens is 402 g/mol. The van der Waals surface area contributed by atoms with Crippen LogP contribution in [0.5, 0.6) is 23.0 Å². The number of carbonyl (C=O) groups excluding carboxylic acids is 1. The van der Waals surface area contributed by atoms with Crippen LogP contribution in [0.4, 0.5) is 5.69 Å². The molecule has 0 aliphatic heterocycles. The zero-order chi connectivity index (χ0) is 19.3. The van der Waals surface area contributed by atoms with Crippen LogP contribution in [-0.2, 0) is 0 Å². The van der Waals surface area contributed by atoms with Gasteiger partial charge in [-0.3, -0.25) is 4.79 Å². The molecule has 26 heavy (non-hydrogen) atoms. The van der Waals surface area contributed by atoms with Crippen LogP contribution in [0.1, 0.15) is 15.9 Å². The van der Waals surface area contributed by atoms with Gasteiger partial charge < -0.3 is 24.7 Å². The van der Waals surface area contributed by atoms with Crippen molar-refractivity contribution in [1.29, 1.82) is 0 Å². The molecule has 2 rings (SSSR count). The van der Waals surface area contributed by atoms with Crippen LogP contribution in [0, 0.1) is 0 Å². The van der Waals surface area contributed by atoms with E-state index in [-0.39, 0.29) is 5.78 Å². The topological polar surface area (TPSA) is 80.0 Å². The van der Waals surface area contributed by atoms with E-state index in [9.17, 15) is 4.79 Å². The summed E-state index contributed by atoms with van der Waals surface area (Å²) in [5, 5.41) is 0. The van der Waals surface area contributed by atoms with E-state index < -0.39 is 0 Å². The number of hydrogen-bond donors (Lipinski definition) is 1. The predicted molar refractivity (Wildman–Crippen MR) is 105 cm³/mol. The Hall–Kier alpha value is -2.67. The fraction of sp³-hybridized carbons (Fsp3) is 0.211. The number of ether oxygens (including phenoxy) is 4. The number of methoxy groups -OCH3 is 4. The summed E-state index contributed by atoms with van der Waals surface area (Å²) >= 11 is 3.34. The molecule has 2 aromatic carbocycles.